The normalized spacial score (nSPS) is 17.3. The van der Waals surface area contributed by atoms with E-state index in [-0.39, 0.29) is 15.5 Å². The number of ether oxygens (including phenoxy) is 1. The molecule has 54 valence electrons. The molecule has 0 aromatic rings. The van der Waals surface area contributed by atoms with E-state index in [1.807, 2.05) is 6.92 Å². The Kier molecular flexibility index (Phi) is 4.98. The lowest BCUT2D eigenvalue weighted by molar-refractivity contribution is -0.102. The molecule has 2 radical (unpaired) electrons. The molecule has 0 aliphatic rings. The second-order valence-corrected chi connectivity index (χ2v) is 2.66. The molecule has 0 spiro atoms. The Labute approximate surface area is 57.6 Å². The number of aliphatic hydroxyl groups is 1. The lowest BCUT2D eigenvalue weighted by Crippen LogP contribution is -2.24. The lowest BCUT2D eigenvalue weighted by Gasteiger charge is -2.13. The van der Waals surface area contributed by atoms with E-state index < -0.39 is 6.29 Å². The predicted molar refractivity (Wildman–Crippen MR) is 34.8 cm³/mol. The summed E-state index contributed by atoms with van der Waals surface area (Å²) in [5.41, 5.74) is -0.190. The molecule has 3 nitrogen and oxygen atoms in total. The summed E-state index contributed by atoms with van der Waals surface area (Å²) in [4.78, 5) is 8.57. The minimum Gasteiger partial charge on any atom is -0.430 e. The summed E-state index contributed by atoms with van der Waals surface area (Å²) >= 11 is 0. The molecule has 0 aromatic carbocycles. The van der Waals surface area contributed by atoms with Gasteiger partial charge in [-0.15, -0.1) is 0 Å². The van der Waals surface area contributed by atoms with Gasteiger partial charge in [0.05, 0.1) is 5.73 Å². The van der Waals surface area contributed by atoms with Crippen LogP contribution in [-0.4, -0.2) is 31.7 Å². The molecule has 4 heteroatoms. The van der Waals surface area contributed by atoms with E-state index in [1.54, 1.807) is 0 Å². The van der Waals surface area contributed by atoms with E-state index >= 15 is 0 Å². The zero-order valence-electron chi connectivity index (χ0n) is 5.66. The van der Waals surface area contributed by atoms with E-state index in [9.17, 15) is 0 Å². The summed E-state index contributed by atoms with van der Waals surface area (Å²) in [6.07, 6.45) is -0.0329. The molecule has 0 aromatic heterocycles. The smallest absolute Gasteiger partial charge is 0.257 e. The second kappa shape index (κ2) is 4.93. The van der Waals surface area contributed by atoms with Crippen molar-refractivity contribution in [1.29, 1.82) is 0 Å². The highest BCUT2D eigenvalue weighted by Gasteiger charge is 2.08. The maximum absolute atomic E-state index is 8.66. The van der Waals surface area contributed by atoms with E-state index in [4.69, 9.17) is 14.6 Å². The van der Waals surface area contributed by atoms with Crippen LogP contribution in [0, 0.1) is 0 Å². The number of hydrogen-bond donors (Lipinski definition) is 2. The molecule has 0 saturated carbocycles. The third-order valence-electron chi connectivity index (χ3n) is 0.876. The van der Waals surface area contributed by atoms with Crippen molar-refractivity contribution in [3.8, 4) is 0 Å². The molecule has 0 heterocycles. The van der Waals surface area contributed by atoms with Crippen LogP contribution in [-0.2, 0) is 4.74 Å². The first-order valence-corrected chi connectivity index (χ1v) is 3.96. The zero-order valence-corrected chi connectivity index (χ0v) is 6.66. The van der Waals surface area contributed by atoms with Crippen molar-refractivity contribution >= 4 is 9.76 Å². The highest BCUT2D eigenvalue weighted by Crippen LogP contribution is 1.97. The van der Waals surface area contributed by atoms with Crippen molar-refractivity contribution in [2.24, 2.45) is 0 Å². The molecular weight excluding hydrogens is 136 g/mol. The van der Waals surface area contributed by atoms with Gasteiger partial charge in [0.1, 0.15) is 0 Å². The highest BCUT2D eigenvalue weighted by atomic mass is 28.2. The third-order valence-corrected chi connectivity index (χ3v) is 1.71. The van der Waals surface area contributed by atoms with Crippen molar-refractivity contribution in [1.82, 2.24) is 0 Å². The summed E-state index contributed by atoms with van der Waals surface area (Å²) < 4.78 is 4.87. The van der Waals surface area contributed by atoms with Gasteiger partial charge in [0.25, 0.3) is 9.76 Å². The Morgan fingerprint density at radius 3 is 2.33 bits per heavy atom. The molecule has 0 rings (SSSR count). The van der Waals surface area contributed by atoms with Gasteiger partial charge in [-0.25, -0.2) is 0 Å². The summed E-state index contributed by atoms with van der Waals surface area (Å²) in [5.74, 6) is 0. The summed E-state index contributed by atoms with van der Waals surface area (Å²) in [7, 11) is -0.241. The first-order chi connectivity index (χ1) is 4.20. The molecule has 0 fully saturated rings. The van der Waals surface area contributed by atoms with Gasteiger partial charge in [-0.1, -0.05) is 6.92 Å². The summed E-state index contributed by atoms with van der Waals surface area (Å²) in [6, 6.07) is 0. The van der Waals surface area contributed by atoms with Crippen molar-refractivity contribution in [3.05, 3.63) is 0 Å². The van der Waals surface area contributed by atoms with Gasteiger partial charge in [-0.2, -0.15) is 0 Å². The van der Waals surface area contributed by atoms with Gasteiger partial charge >= 0.3 is 0 Å². The number of rotatable bonds is 4. The fourth-order valence-electron chi connectivity index (χ4n) is 0.456. The minimum absolute atomic E-state index is 0.190. The summed E-state index contributed by atoms with van der Waals surface area (Å²) in [5, 5.41) is 8.66. The zero-order chi connectivity index (χ0) is 7.28. The molecule has 0 aliphatic carbocycles. The average Bonchev–Trinajstić information content (AvgIpc) is 1.82. The van der Waals surface area contributed by atoms with Gasteiger partial charge in [0.15, 0.2) is 6.29 Å². The number of aliphatic hydroxyl groups excluding tert-OH is 1. The second-order valence-electron chi connectivity index (χ2n) is 1.76. The molecule has 0 amide bonds. The van der Waals surface area contributed by atoms with Gasteiger partial charge in [0.2, 0.25) is 0 Å². The Hall–Kier alpha value is 0.0969. The van der Waals surface area contributed by atoms with E-state index in [0.717, 1.165) is 6.42 Å². The van der Waals surface area contributed by atoms with Crippen LogP contribution >= 0.6 is 0 Å². The average molecular weight is 148 g/mol. The SMILES string of the molecule is CCC(OC(C)O)[Si]O. The molecule has 2 atom stereocenters. The monoisotopic (exact) mass is 148 g/mol. The molecular formula is C5H12O3Si. The largest absolute Gasteiger partial charge is 0.430 e. The Morgan fingerprint density at radius 2 is 2.22 bits per heavy atom. The molecule has 2 unspecified atom stereocenters. The van der Waals surface area contributed by atoms with Gasteiger partial charge in [-0.3, -0.25) is 0 Å². The van der Waals surface area contributed by atoms with Crippen LogP contribution in [0.2, 0.25) is 0 Å². The van der Waals surface area contributed by atoms with Crippen molar-refractivity contribution in [2.45, 2.75) is 32.3 Å². The van der Waals surface area contributed by atoms with Crippen LogP contribution in [0.25, 0.3) is 0 Å². The third kappa shape index (κ3) is 4.59. The van der Waals surface area contributed by atoms with Gasteiger partial charge in [-0.05, 0) is 13.3 Å². The topological polar surface area (TPSA) is 49.7 Å². The van der Waals surface area contributed by atoms with Crippen molar-refractivity contribution < 1.29 is 14.6 Å². The van der Waals surface area contributed by atoms with E-state index in [2.05, 4.69) is 0 Å². The number of hydrogen-bond acceptors (Lipinski definition) is 3. The molecule has 2 N–H and O–H groups in total. The lowest BCUT2D eigenvalue weighted by atomic mass is 10.5. The maximum Gasteiger partial charge on any atom is 0.257 e. The van der Waals surface area contributed by atoms with Crippen molar-refractivity contribution in [2.75, 3.05) is 0 Å². The van der Waals surface area contributed by atoms with Crippen LogP contribution in [0.15, 0.2) is 0 Å². The minimum atomic E-state index is -0.769. The van der Waals surface area contributed by atoms with Crippen LogP contribution in [0.1, 0.15) is 20.3 Å². The Balaban J connectivity index is 3.31. The Bertz CT molecular complexity index is 63.2. The summed E-state index contributed by atoms with van der Waals surface area (Å²) in [6.45, 7) is 3.43. The van der Waals surface area contributed by atoms with Gasteiger partial charge < -0.3 is 14.6 Å². The van der Waals surface area contributed by atoms with Crippen LogP contribution in [0.5, 0.6) is 0 Å². The molecule has 0 aliphatic heterocycles. The van der Waals surface area contributed by atoms with E-state index in [0.29, 0.717) is 0 Å². The van der Waals surface area contributed by atoms with Crippen LogP contribution < -0.4 is 0 Å². The molecule has 0 saturated heterocycles. The fraction of sp³-hybridized carbons (Fsp3) is 1.00. The first kappa shape index (κ1) is 9.10. The van der Waals surface area contributed by atoms with Gasteiger partial charge in [0, 0.05) is 0 Å². The highest BCUT2D eigenvalue weighted by molar-refractivity contribution is 6.27. The standard InChI is InChI=1S/C5H12O3Si/c1-3-5(9-7)8-4(2)6/h4-7H,3H2,1-2H3. The fourth-order valence-corrected chi connectivity index (χ4v) is 0.896. The van der Waals surface area contributed by atoms with Crippen molar-refractivity contribution in [3.63, 3.8) is 0 Å². The maximum atomic E-state index is 8.66. The van der Waals surface area contributed by atoms with E-state index in [1.165, 1.54) is 6.92 Å². The quantitative estimate of drug-likeness (QED) is 0.425. The molecule has 0 bridgehead atoms. The van der Waals surface area contributed by atoms with Crippen LogP contribution in [0.4, 0.5) is 0 Å². The molecule has 9 heavy (non-hydrogen) atoms. The first-order valence-electron chi connectivity index (χ1n) is 2.93. The predicted octanol–water partition coefficient (Wildman–Crippen LogP) is -0.311. The van der Waals surface area contributed by atoms with Crippen LogP contribution in [0.3, 0.4) is 0 Å². The Morgan fingerprint density at radius 1 is 1.67 bits per heavy atom.